The number of fused-ring (bicyclic) bond motifs is 1. The number of Topliss-reactive ketones (excluding diaryl/α,β-unsaturated/α-hetero) is 1. The van der Waals surface area contributed by atoms with Gasteiger partial charge in [-0.25, -0.2) is 4.98 Å². The topological polar surface area (TPSA) is 94.3 Å². The lowest BCUT2D eigenvalue weighted by atomic mass is 10.1. The predicted molar refractivity (Wildman–Crippen MR) is 133 cm³/mol. The predicted octanol–water partition coefficient (Wildman–Crippen LogP) is 4.18. The summed E-state index contributed by atoms with van der Waals surface area (Å²) in [5.74, 6) is -0.118. The van der Waals surface area contributed by atoms with Crippen LogP contribution in [0.25, 0.3) is 0 Å². The van der Waals surface area contributed by atoms with Gasteiger partial charge in [0.05, 0.1) is 11.4 Å². The lowest BCUT2D eigenvalue weighted by Gasteiger charge is -2.19. The molecule has 1 N–H and O–H groups in total. The number of aryl methyl sites for hydroxylation is 1. The lowest BCUT2D eigenvalue weighted by Crippen LogP contribution is -2.26. The highest BCUT2D eigenvalue weighted by Crippen LogP contribution is 2.40. The monoisotopic (exact) mass is 472 g/mol. The molecule has 0 bridgehead atoms. The van der Waals surface area contributed by atoms with Crippen LogP contribution in [0, 0.1) is 11.3 Å². The highest BCUT2D eigenvalue weighted by atomic mass is 32.2. The summed E-state index contributed by atoms with van der Waals surface area (Å²) in [6, 6.07) is 17.2. The minimum absolute atomic E-state index is 0.0125. The number of benzene rings is 2. The van der Waals surface area contributed by atoms with Gasteiger partial charge >= 0.3 is 0 Å². The number of aromatic nitrogens is 2. The number of hydrogen-bond donors (Lipinski definition) is 1. The zero-order valence-electron chi connectivity index (χ0n) is 19.1. The quantitative estimate of drug-likeness (QED) is 0.407. The fourth-order valence-electron chi connectivity index (χ4n) is 3.79. The summed E-state index contributed by atoms with van der Waals surface area (Å²) in [5, 5.41) is 13.4. The number of ketones is 1. The molecule has 8 nitrogen and oxygen atoms in total. The maximum Gasteiger partial charge on any atom is 0.224 e. The number of allylic oxidation sites excluding steroid dienone is 1. The van der Waals surface area contributed by atoms with Crippen molar-refractivity contribution in [1.82, 2.24) is 9.55 Å². The summed E-state index contributed by atoms with van der Waals surface area (Å²) >= 11 is 1.53. The van der Waals surface area contributed by atoms with Crippen LogP contribution >= 0.6 is 11.8 Å². The second-order valence-corrected chi connectivity index (χ2v) is 8.88. The number of amides is 1. The van der Waals surface area contributed by atoms with Gasteiger partial charge in [0.25, 0.3) is 0 Å². The maximum atomic E-state index is 12.9. The van der Waals surface area contributed by atoms with Crippen LogP contribution in [0.15, 0.2) is 82.4 Å². The van der Waals surface area contributed by atoms with Gasteiger partial charge in [0.1, 0.15) is 17.5 Å². The van der Waals surface area contributed by atoms with Crippen molar-refractivity contribution in [3.63, 3.8) is 0 Å². The van der Waals surface area contributed by atoms with E-state index in [2.05, 4.69) is 10.3 Å². The molecule has 0 spiro atoms. The van der Waals surface area contributed by atoms with Crippen LogP contribution < -0.4 is 15.1 Å². The van der Waals surface area contributed by atoms with E-state index in [1.807, 2.05) is 96.3 Å². The summed E-state index contributed by atoms with van der Waals surface area (Å²) in [6.07, 6.45) is 3.56. The number of nitriles is 1. The summed E-state index contributed by atoms with van der Waals surface area (Å²) in [5.41, 5.74) is 2.53. The van der Waals surface area contributed by atoms with E-state index in [0.29, 0.717) is 11.5 Å². The highest BCUT2D eigenvalue weighted by Gasteiger charge is 2.31. The molecule has 0 fully saturated rings. The molecule has 1 amide bonds. The van der Waals surface area contributed by atoms with E-state index >= 15 is 0 Å². The van der Waals surface area contributed by atoms with Gasteiger partial charge in [0, 0.05) is 57.0 Å². The van der Waals surface area contributed by atoms with E-state index in [1.54, 1.807) is 6.20 Å². The molecule has 1 aliphatic rings. The van der Waals surface area contributed by atoms with E-state index in [4.69, 9.17) is 0 Å². The molecule has 0 atom stereocenters. The van der Waals surface area contributed by atoms with E-state index in [-0.39, 0.29) is 30.1 Å². The number of carbonyl (C=O) groups excluding carboxylic acids is 2. The molecule has 0 saturated heterocycles. The first-order valence-corrected chi connectivity index (χ1v) is 11.5. The van der Waals surface area contributed by atoms with Crippen LogP contribution in [-0.2, 0) is 16.6 Å². The zero-order valence-corrected chi connectivity index (χ0v) is 20.0. The number of nitrogens with one attached hydrogen (secondary N) is 1. The molecule has 1 aliphatic heterocycles. The highest BCUT2D eigenvalue weighted by molar-refractivity contribution is 7.99. The maximum absolute atomic E-state index is 12.9. The first-order valence-electron chi connectivity index (χ1n) is 10.7. The minimum atomic E-state index is -0.360. The van der Waals surface area contributed by atoms with Crippen molar-refractivity contribution < 1.29 is 9.59 Å². The molecular weight excluding hydrogens is 448 g/mol. The largest absolute Gasteiger partial charge is 0.329 e. The van der Waals surface area contributed by atoms with Gasteiger partial charge in [-0.05, 0) is 36.4 Å². The number of anilines is 3. The Balaban J connectivity index is 1.36. The van der Waals surface area contributed by atoms with Crippen LogP contribution in [0.1, 0.15) is 12.8 Å². The lowest BCUT2D eigenvalue weighted by molar-refractivity contribution is -0.120. The van der Waals surface area contributed by atoms with E-state index < -0.39 is 0 Å². The smallest absolute Gasteiger partial charge is 0.224 e. The van der Waals surface area contributed by atoms with E-state index in [1.165, 1.54) is 11.8 Å². The number of para-hydroxylation sites is 2. The van der Waals surface area contributed by atoms with Gasteiger partial charge in [-0.2, -0.15) is 5.26 Å². The molecule has 172 valence electrons. The van der Waals surface area contributed by atoms with Crippen molar-refractivity contribution in [3.8, 4) is 6.07 Å². The molecule has 0 radical (unpaired) electrons. The van der Waals surface area contributed by atoms with Crippen LogP contribution in [0.5, 0.6) is 0 Å². The minimum Gasteiger partial charge on any atom is -0.329 e. The van der Waals surface area contributed by atoms with Crippen LogP contribution in [0.3, 0.4) is 0 Å². The molecular formula is C25H24N6O2S. The number of rotatable bonds is 7. The van der Waals surface area contributed by atoms with Crippen molar-refractivity contribution in [3.05, 3.63) is 72.3 Å². The Morgan fingerprint density at radius 2 is 1.65 bits per heavy atom. The number of imidazole rings is 1. The molecule has 9 heteroatoms. The molecule has 2 aromatic carbocycles. The Morgan fingerprint density at radius 3 is 2.21 bits per heavy atom. The SMILES string of the molecule is CN1C(=C(C#N)C(=O)CCC(=O)Nc2ccc(Sc3nccn3C)cc2)N(C)c2ccccc21. The first-order chi connectivity index (χ1) is 16.4. The Morgan fingerprint density at radius 1 is 1.00 bits per heavy atom. The molecule has 1 aromatic heterocycles. The fourth-order valence-corrected chi connectivity index (χ4v) is 4.60. The van der Waals surface area contributed by atoms with Crippen molar-refractivity contribution >= 4 is 40.5 Å². The Kier molecular flexibility index (Phi) is 6.70. The Labute approximate surface area is 202 Å². The van der Waals surface area contributed by atoms with Crippen molar-refractivity contribution in [2.24, 2.45) is 7.05 Å². The summed E-state index contributed by atoms with van der Waals surface area (Å²) < 4.78 is 1.93. The average molecular weight is 473 g/mol. The molecule has 34 heavy (non-hydrogen) atoms. The third kappa shape index (κ3) is 4.67. The number of carbonyl (C=O) groups is 2. The second kappa shape index (κ2) is 9.85. The normalized spacial score (nSPS) is 12.4. The summed E-state index contributed by atoms with van der Waals surface area (Å²) in [7, 11) is 5.58. The fraction of sp³-hybridized carbons (Fsp3) is 0.200. The van der Waals surface area contributed by atoms with Crippen LogP contribution in [-0.4, -0.2) is 35.3 Å². The number of nitrogens with zero attached hydrogens (tertiary/aromatic N) is 5. The second-order valence-electron chi connectivity index (χ2n) is 7.84. The molecule has 0 aliphatic carbocycles. The third-order valence-electron chi connectivity index (χ3n) is 5.56. The summed E-state index contributed by atoms with van der Waals surface area (Å²) in [4.78, 5) is 34.2. The molecule has 0 unspecified atom stereocenters. The van der Waals surface area contributed by atoms with Crippen molar-refractivity contribution in [2.75, 3.05) is 29.2 Å². The molecule has 3 aromatic rings. The van der Waals surface area contributed by atoms with E-state index in [0.717, 1.165) is 21.4 Å². The molecule has 4 rings (SSSR count). The Hall–Kier alpha value is -4.03. The summed E-state index contributed by atoms with van der Waals surface area (Å²) in [6.45, 7) is 0. The number of hydrogen-bond acceptors (Lipinski definition) is 7. The van der Waals surface area contributed by atoms with Gasteiger partial charge in [-0.1, -0.05) is 23.9 Å². The molecule has 2 heterocycles. The average Bonchev–Trinajstić information content (AvgIpc) is 3.35. The van der Waals surface area contributed by atoms with Gasteiger partial charge in [0.15, 0.2) is 10.9 Å². The Bertz CT molecular complexity index is 1270. The molecule has 0 saturated carbocycles. The zero-order chi connectivity index (χ0) is 24.2. The third-order valence-corrected chi connectivity index (χ3v) is 6.64. The van der Waals surface area contributed by atoms with E-state index in [9.17, 15) is 14.9 Å². The van der Waals surface area contributed by atoms with Crippen LogP contribution in [0.2, 0.25) is 0 Å². The standard InChI is InChI=1S/C25H24N6O2S/c1-29-15-14-27-25(29)34-18-10-8-17(9-11-18)28-23(33)13-12-22(32)19(16-26)24-30(2)20-6-4-5-7-21(20)31(24)3/h4-11,14-15H,12-13H2,1-3H3,(H,28,33). The first kappa shape index (κ1) is 23.1. The van der Waals surface area contributed by atoms with Crippen molar-refractivity contribution in [2.45, 2.75) is 22.9 Å². The van der Waals surface area contributed by atoms with Crippen LogP contribution in [0.4, 0.5) is 17.1 Å². The van der Waals surface area contributed by atoms with Crippen molar-refractivity contribution in [1.29, 1.82) is 5.26 Å². The van der Waals surface area contributed by atoms with Gasteiger partial charge in [-0.15, -0.1) is 0 Å². The van der Waals surface area contributed by atoms with Gasteiger partial charge in [-0.3, -0.25) is 9.59 Å². The van der Waals surface area contributed by atoms with Gasteiger partial charge < -0.3 is 19.7 Å². The van der Waals surface area contributed by atoms with Gasteiger partial charge in [0.2, 0.25) is 5.91 Å².